The number of aryl methyl sites for hydroxylation is 1. The number of nitrogens with two attached hydrogens (primary N) is 1. The molecule has 1 aromatic heterocycles. The van der Waals surface area contributed by atoms with Crippen LogP contribution in [0.2, 0.25) is 0 Å². The van der Waals surface area contributed by atoms with Crippen molar-refractivity contribution in [1.29, 1.82) is 0 Å². The molecule has 15 heavy (non-hydrogen) atoms. The Morgan fingerprint density at radius 2 is 1.80 bits per heavy atom. The van der Waals surface area contributed by atoms with Crippen molar-refractivity contribution in [3.8, 4) is 16.9 Å². The van der Waals surface area contributed by atoms with Gasteiger partial charge in [0.1, 0.15) is 11.6 Å². The van der Waals surface area contributed by atoms with Crippen LogP contribution in [0, 0.1) is 0 Å². The van der Waals surface area contributed by atoms with E-state index in [4.69, 9.17) is 10.5 Å². The van der Waals surface area contributed by atoms with Crippen molar-refractivity contribution < 1.29 is 4.74 Å². The molecule has 0 amide bonds. The first-order valence-electron chi connectivity index (χ1n) is 4.77. The SMILES string of the molecule is COc1ccc(-c2ccn(C)c2N)cc1. The summed E-state index contributed by atoms with van der Waals surface area (Å²) in [6, 6.07) is 9.88. The average molecular weight is 202 g/mol. The highest BCUT2D eigenvalue weighted by molar-refractivity contribution is 5.74. The molecule has 0 radical (unpaired) electrons. The van der Waals surface area contributed by atoms with Crippen LogP contribution in [0.4, 0.5) is 5.82 Å². The maximum absolute atomic E-state index is 5.94. The Morgan fingerprint density at radius 3 is 2.27 bits per heavy atom. The second kappa shape index (κ2) is 3.69. The number of nitrogens with zero attached hydrogens (tertiary/aromatic N) is 1. The average Bonchev–Trinajstić information content (AvgIpc) is 2.60. The van der Waals surface area contributed by atoms with Crippen molar-refractivity contribution in [3.05, 3.63) is 36.5 Å². The molecule has 0 fully saturated rings. The number of ether oxygens (including phenoxy) is 1. The number of anilines is 1. The normalized spacial score (nSPS) is 10.3. The van der Waals surface area contributed by atoms with E-state index in [-0.39, 0.29) is 0 Å². The summed E-state index contributed by atoms with van der Waals surface area (Å²) < 4.78 is 7.01. The van der Waals surface area contributed by atoms with Crippen LogP contribution in [0.25, 0.3) is 11.1 Å². The predicted molar refractivity (Wildman–Crippen MR) is 61.8 cm³/mol. The van der Waals surface area contributed by atoms with Crippen molar-refractivity contribution >= 4 is 5.82 Å². The molecule has 0 aliphatic heterocycles. The first-order valence-corrected chi connectivity index (χ1v) is 4.77. The van der Waals surface area contributed by atoms with Gasteiger partial charge in [0.15, 0.2) is 0 Å². The second-order valence-corrected chi connectivity index (χ2v) is 3.45. The van der Waals surface area contributed by atoms with E-state index in [1.807, 2.05) is 48.1 Å². The Bertz CT molecular complexity index is 457. The minimum absolute atomic E-state index is 0.778. The van der Waals surface area contributed by atoms with Gasteiger partial charge < -0.3 is 15.0 Å². The van der Waals surface area contributed by atoms with Gasteiger partial charge in [-0.05, 0) is 23.8 Å². The molecular weight excluding hydrogens is 188 g/mol. The smallest absolute Gasteiger partial charge is 0.118 e. The van der Waals surface area contributed by atoms with E-state index < -0.39 is 0 Å². The molecule has 2 N–H and O–H groups in total. The summed E-state index contributed by atoms with van der Waals surface area (Å²) >= 11 is 0. The third-order valence-electron chi connectivity index (χ3n) is 2.52. The lowest BCUT2D eigenvalue weighted by atomic mass is 10.1. The maximum atomic E-state index is 5.94. The largest absolute Gasteiger partial charge is 0.497 e. The van der Waals surface area contributed by atoms with Crippen LogP contribution in [0.5, 0.6) is 5.75 Å². The minimum atomic E-state index is 0.778. The van der Waals surface area contributed by atoms with E-state index >= 15 is 0 Å². The number of hydrogen-bond acceptors (Lipinski definition) is 2. The highest BCUT2D eigenvalue weighted by Gasteiger charge is 2.05. The lowest BCUT2D eigenvalue weighted by Crippen LogP contribution is -1.95. The fourth-order valence-electron chi connectivity index (χ4n) is 1.56. The Labute approximate surface area is 89.1 Å². The second-order valence-electron chi connectivity index (χ2n) is 3.45. The van der Waals surface area contributed by atoms with Gasteiger partial charge in [-0.25, -0.2) is 0 Å². The van der Waals surface area contributed by atoms with Crippen LogP contribution in [-0.4, -0.2) is 11.7 Å². The van der Waals surface area contributed by atoms with Crippen LogP contribution in [-0.2, 0) is 7.05 Å². The van der Waals surface area contributed by atoms with Gasteiger partial charge in [-0.3, -0.25) is 0 Å². The van der Waals surface area contributed by atoms with E-state index in [9.17, 15) is 0 Å². The lowest BCUT2D eigenvalue weighted by molar-refractivity contribution is 0.415. The molecule has 78 valence electrons. The number of methoxy groups -OCH3 is 1. The molecule has 0 atom stereocenters. The zero-order valence-corrected chi connectivity index (χ0v) is 8.90. The van der Waals surface area contributed by atoms with Crippen LogP contribution in [0.15, 0.2) is 36.5 Å². The first-order chi connectivity index (χ1) is 7.22. The number of rotatable bonds is 2. The van der Waals surface area contributed by atoms with Crippen LogP contribution < -0.4 is 10.5 Å². The summed E-state index contributed by atoms with van der Waals surface area (Å²) in [5.41, 5.74) is 8.10. The third-order valence-corrected chi connectivity index (χ3v) is 2.52. The van der Waals surface area contributed by atoms with Crippen molar-refractivity contribution in [2.75, 3.05) is 12.8 Å². The van der Waals surface area contributed by atoms with E-state index in [0.717, 1.165) is 22.7 Å². The molecule has 0 aliphatic carbocycles. The zero-order valence-electron chi connectivity index (χ0n) is 8.90. The molecule has 3 nitrogen and oxygen atoms in total. The van der Waals surface area contributed by atoms with E-state index in [2.05, 4.69) is 0 Å². The third kappa shape index (κ3) is 1.68. The molecular formula is C12H14N2O. The van der Waals surface area contributed by atoms with Gasteiger partial charge in [-0.15, -0.1) is 0 Å². The molecule has 1 heterocycles. The Kier molecular flexibility index (Phi) is 2.37. The molecule has 3 heteroatoms. The predicted octanol–water partition coefficient (Wildman–Crippen LogP) is 2.28. The fraction of sp³-hybridized carbons (Fsp3) is 0.167. The van der Waals surface area contributed by atoms with E-state index in [1.165, 1.54) is 0 Å². The topological polar surface area (TPSA) is 40.2 Å². The lowest BCUT2D eigenvalue weighted by Gasteiger charge is -2.03. The van der Waals surface area contributed by atoms with Gasteiger partial charge in [0.05, 0.1) is 7.11 Å². The number of aromatic nitrogens is 1. The van der Waals surface area contributed by atoms with Crippen LogP contribution in [0.3, 0.4) is 0 Å². The number of nitrogen functional groups attached to an aromatic ring is 1. The van der Waals surface area contributed by atoms with Gasteiger partial charge in [0.25, 0.3) is 0 Å². The van der Waals surface area contributed by atoms with Crippen LogP contribution in [0.1, 0.15) is 0 Å². The van der Waals surface area contributed by atoms with Crippen molar-refractivity contribution in [2.45, 2.75) is 0 Å². The molecule has 1 aromatic carbocycles. The summed E-state index contributed by atoms with van der Waals surface area (Å²) in [5.74, 6) is 1.63. The summed E-state index contributed by atoms with van der Waals surface area (Å²) in [7, 11) is 3.59. The number of hydrogen-bond donors (Lipinski definition) is 1. The van der Waals surface area contributed by atoms with Gasteiger partial charge >= 0.3 is 0 Å². The molecule has 2 aromatic rings. The van der Waals surface area contributed by atoms with Crippen molar-refractivity contribution in [3.63, 3.8) is 0 Å². The molecule has 0 spiro atoms. The standard InChI is InChI=1S/C12H14N2O/c1-14-8-7-11(12(14)13)9-3-5-10(15-2)6-4-9/h3-8H,13H2,1-2H3. The summed E-state index contributed by atoms with van der Waals surface area (Å²) in [6.45, 7) is 0. The van der Waals surface area contributed by atoms with E-state index in [0.29, 0.717) is 0 Å². The summed E-state index contributed by atoms with van der Waals surface area (Å²) in [5, 5.41) is 0. The number of benzene rings is 1. The molecule has 0 unspecified atom stereocenters. The summed E-state index contributed by atoms with van der Waals surface area (Å²) in [4.78, 5) is 0. The minimum Gasteiger partial charge on any atom is -0.497 e. The van der Waals surface area contributed by atoms with Gasteiger partial charge in [0.2, 0.25) is 0 Å². The molecule has 0 bridgehead atoms. The highest BCUT2D eigenvalue weighted by atomic mass is 16.5. The van der Waals surface area contributed by atoms with Crippen molar-refractivity contribution in [2.24, 2.45) is 7.05 Å². The Balaban J connectivity index is 2.41. The van der Waals surface area contributed by atoms with Gasteiger partial charge in [-0.1, -0.05) is 12.1 Å². The quantitative estimate of drug-likeness (QED) is 0.811. The first kappa shape index (κ1) is 9.65. The molecule has 0 saturated heterocycles. The zero-order chi connectivity index (χ0) is 10.8. The Hall–Kier alpha value is -1.90. The van der Waals surface area contributed by atoms with Gasteiger partial charge in [-0.2, -0.15) is 0 Å². The Morgan fingerprint density at radius 1 is 1.13 bits per heavy atom. The summed E-state index contributed by atoms with van der Waals surface area (Å²) in [6.07, 6.45) is 1.95. The fourth-order valence-corrected chi connectivity index (χ4v) is 1.56. The monoisotopic (exact) mass is 202 g/mol. The highest BCUT2D eigenvalue weighted by Crippen LogP contribution is 2.27. The van der Waals surface area contributed by atoms with Crippen molar-refractivity contribution in [1.82, 2.24) is 4.57 Å². The molecule has 0 saturated carbocycles. The van der Waals surface area contributed by atoms with Crippen LogP contribution >= 0.6 is 0 Å². The molecule has 2 rings (SSSR count). The van der Waals surface area contributed by atoms with E-state index in [1.54, 1.807) is 7.11 Å². The van der Waals surface area contributed by atoms with Gasteiger partial charge in [0, 0.05) is 18.8 Å². The molecule has 0 aliphatic rings. The maximum Gasteiger partial charge on any atom is 0.118 e.